The van der Waals surface area contributed by atoms with Gasteiger partial charge in [0, 0.05) is 0 Å². The molecule has 0 N–H and O–H groups in total. The Kier molecular flexibility index (Phi) is 6.83. The molecule has 8 nitrogen and oxygen atoms in total. The van der Waals surface area contributed by atoms with Crippen molar-refractivity contribution in [3.8, 4) is 0 Å². The van der Waals surface area contributed by atoms with Crippen LogP contribution >= 0.6 is 0 Å². The average Bonchev–Trinajstić information content (AvgIpc) is 2.34. The summed E-state index contributed by atoms with van der Waals surface area (Å²) in [5.41, 5.74) is 0. The van der Waals surface area contributed by atoms with Crippen LogP contribution in [0, 0.1) is 0 Å². The zero-order valence-corrected chi connectivity index (χ0v) is 14.4. The van der Waals surface area contributed by atoms with Crippen LogP contribution in [0.25, 0.3) is 0 Å². The van der Waals surface area contributed by atoms with Crippen molar-refractivity contribution < 1.29 is 38.1 Å². The molecule has 0 aromatic rings. The topological polar surface area (TPSA) is 105 Å². The molecule has 0 radical (unpaired) electrons. The monoisotopic (exact) mass is 382 g/mol. The van der Waals surface area contributed by atoms with Gasteiger partial charge in [0.1, 0.15) is 0 Å². The standard InChI is InChI=1S/C13H18O8Se/c1-6(14)18-10-5-22-13(21-9(4)17)12(20-8(3)16)11(10)19-7(2)15/h10-13H,5H2,1-4H3/t10-,11+,12-,13-/m1/s1. The Morgan fingerprint density at radius 1 is 0.727 bits per heavy atom. The molecule has 0 unspecified atom stereocenters. The van der Waals surface area contributed by atoms with E-state index in [1.807, 2.05) is 0 Å². The van der Waals surface area contributed by atoms with Crippen LogP contribution in [-0.4, -0.2) is 62.1 Å². The first kappa shape index (κ1) is 18.4. The number of rotatable bonds is 4. The summed E-state index contributed by atoms with van der Waals surface area (Å²) in [6.07, 6.45) is -2.74. The fourth-order valence-corrected chi connectivity index (χ4v) is 4.58. The zero-order valence-electron chi connectivity index (χ0n) is 12.7. The van der Waals surface area contributed by atoms with Crippen LogP contribution in [0.2, 0.25) is 5.32 Å². The number of carbonyl (C=O) groups is 4. The van der Waals surface area contributed by atoms with Crippen LogP contribution in [0.4, 0.5) is 0 Å². The molecule has 0 aromatic heterocycles. The van der Waals surface area contributed by atoms with Gasteiger partial charge in [-0.25, -0.2) is 0 Å². The van der Waals surface area contributed by atoms with Crippen LogP contribution in [0.3, 0.4) is 0 Å². The maximum atomic E-state index is 11.3. The first-order valence-corrected chi connectivity index (χ1v) is 8.71. The van der Waals surface area contributed by atoms with Crippen LogP contribution in [-0.2, 0) is 38.1 Å². The first-order valence-electron chi connectivity index (χ1n) is 6.51. The molecule has 1 heterocycles. The van der Waals surface area contributed by atoms with E-state index < -0.39 is 47.2 Å². The van der Waals surface area contributed by atoms with Crippen molar-refractivity contribution >= 4 is 38.8 Å². The van der Waals surface area contributed by atoms with Gasteiger partial charge in [-0.2, -0.15) is 0 Å². The minimum absolute atomic E-state index is 0.303. The predicted octanol–water partition coefficient (Wildman–Crippen LogP) is -0.193. The number of esters is 4. The fraction of sp³-hybridized carbons (Fsp3) is 0.692. The van der Waals surface area contributed by atoms with E-state index in [2.05, 4.69) is 0 Å². The fourth-order valence-electron chi connectivity index (χ4n) is 1.97. The van der Waals surface area contributed by atoms with Crippen LogP contribution in [0.1, 0.15) is 27.7 Å². The van der Waals surface area contributed by atoms with E-state index in [1.54, 1.807) is 0 Å². The molecule has 9 heteroatoms. The second kappa shape index (κ2) is 8.14. The van der Waals surface area contributed by atoms with Crippen molar-refractivity contribution in [3.63, 3.8) is 0 Å². The molecule has 0 aromatic carbocycles. The average molecular weight is 381 g/mol. The van der Waals surface area contributed by atoms with E-state index in [0.717, 1.165) is 0 Å². The van der Waals surface area contributed by atoms with Crippen LogP contribution in [0.5, 0.6) is 0 Å². The Morgan fingerprint density at radius 2 is 1.18 bits per heavy atom. The Balaban J connectivity index is 3.03. The van der Waals surface area contributed by atoms with Gasteiger partial charge < -0.3 is 0 Å². The molecule has 0 bridgehead atoms. The number of hydrogen-bond acceptors (Lipinski definition) is 8. The van der Waals surface area contributed by atoms with Crippen LogP contribution < -0.4 is 0 Å². The summed E-state index contributed by atoms with van der Waals surface area (Å²) in [6, 6.07) is 0. The van der Waals surface area contributed by atoms with E-state index in [4.69, 9.17) is 18.9 Å². The molecule has 1 fully saturated rings. The van der Waals surface area contributed by atoms with Gasteiger partial charge in [-0.3, -0.25) is 0 Å². The van der Waals surface area contributed by atoms with Crippen LogP contribution in [0.15, 0.2) is 0 Å². The Hall–Kier alpha value is -1.60. The second-order valence-electron chi connectivity index (χ2n) is 4.61. The Bertz CT molecular complexity index is 421. The maximum absolute atomic E-state index is 11.3. The summed E-state index contributed by atoms with van der Waals surface area (Å²) in [7, 11) is 0. The van der Waals surface area contributed by atoms with Crippen molar-refractivity contribution in [1.82, 2.24) is 0 Å². The van der Waals surface area contributed by atoms with Crippen molar-refractivity contribution in [2.24, 2.45) is 0 Å². The molecule has 1 aliphatic heterocycles. The molecule has 1 aliphatic rings. The molecule has 22 heavy (non-hydrogen) atoms. The van der Waals surface area contributed by atoms with Gasteiger partial charge in [-0.05, 0) is 0 Å². The van der Waals surface area contributed by atoms with Gasteiger partial charge in [0.25, 0.3) is 0 Å². The molecule has 0 saturated carbocycles. The molecule has 1 saturated heterocycles. The molecule has 0 spiro atoms. The van der Waals surface area contributed by atoms with E-state index in [1.165, 1.54) is 27.7 Å². The quantitative estimate of drug-likeness (QED) is 0.375. The normalized spacial score (nSPS) is 27.5. The van der Waals surface area contributed by atoms with Gasteiger partial charge >= 0.3 is 133 Å². The molecule has 0 aliphatic carbocycles. The van der Waals surface area contributed by atoms with Gasteiger partial charge in [0.05, 0.1) is 0 Å². The van der Waals surface area contributed by atoms with E-state index in [9.17, 15) is 19.2 Å². The molecule has 4 atom stereocenters. The SMILES string of the molecule is CC(=O)O[C@@H]1[C@@H](OC(C)=O)[C@H](OC(C)=O)C[Se][C@H]1OC(C)=O. The summed E-state index contributed by atoms with van der Waals surface area (Å²) in [4.78, 5) is 45.0. The van der Waals surface area contributed by atoms with Crippen molar-refractivity contribution in [3.05, 3.63) is 0 Å². The van der Waals surface area contributed by atoms with Gasteiger partial charge in [0.2, 0.25) is 0 Å². The summed E-state index contributed by atoms with van der Waals surface area (Å²) in [5, 5.41) is -0.328. The predicted molar refractivity (Wildman–Crippen MR) is 72.8 cm³/mol. The molecule has 1 rings (SSSR count). The third kappa shape index (κ3) is 5.65. The van der Waals surface area contributed by atoms with Crippen molar-refractivity contribution in [1.29, 1.82) is 0 Å². The molecular formula is C13H18O8Se. The van der Waals surface area contributed by atoms with E-state index >= 15 is 0 Å². The van der Waals surface area contributed by atoms with Gasteiger partial charge in [-0.15, -0.1) is 0 Å². The molecule has 124 valence electrons. The van der Waals surface area contributed by atoms with Crippen molar-refractivity contribution in [2.45, 2.75) is 56.3 Å². The van der Waals surface area contributed by atoms with E-state index in [0.29, 0.717) is 5.32 Å². The zero-order chi connectivity index (χ0) is 16.9. The molecule has 0 amide bonds. The summed E-state index contributed by atoms with van der Waals surface area (Å²) in [5.74, 6) is -2.30. The Labute approximate surface area is 133 Å². The number of ether oxygens (including phenoxy) is 4. The summed E-state index contributed by atoms with van der Waals surface area (Å²) < 4.78 is 20.6. The number of hydrogen-bond donors (Lipinski definition) is 0. The van der Waals surface area contributed by atoms with Gasteiger partial charge in [0.15, 0.2) is 0 Å². The Morgan fingerprint density at radius 3 is 1.64 bits per heavy atom. The third-order valence-electron chi connectivity index (χ3n) is 2.59. The van der Waals surface area contributed by atoms with E-state index in [-0.39, 0.29) is 15.0 Å². The summed E-state index contributed by atoms with van der Waals surface area (Å²) in [6.45, 7) is 4.85. The number of carbonyl (C=O) groups excluding carboxylic acids is 4. The minimum atomic E-state index is -1.01. The third-order valence-corrected chi connectivity index (χ3v) is 5.13. The van der Waals surface area contributed by atoms with Crippen molar-refractivity contribution in [2.75, 3.05) is 0 Å². The van der Waals surface area contributed by atoms with Gasteiger partial charge in [-0.1, -0.05) is 0 Å². The second-order valence-corrected chi connectivity index (χ2v) is 6.98. The molecular weight excluding hydrogens is 363 g/mol. The summed E-state index contributed by atoms with van der Waals surface area (Å²) >= 11 is -0.303. The first-order chi connectivity index (χ1) is 10.2.